The van der Waals surface area contributed by atoms with E-state index in [-0.39, 0.29) is 28.2 Å². The van der Waals surface area contributed by atoms with Crippen molar-refractivity contribution in [1.29, 1.82) is 0 Å². The molecule has 0 heterocycles. The van der Waals surface area contributed by atoms with E-state index < -0.39 is 92.1 Å². The highest BCUT2D eigenvalue weighted by Gasteiger charge is 2.68. The smallest absolute Gasteiger partial charge is 0.255 e. The van der Waals surface area contributed by atoms with E-state index in [9.17, 15) is 44.7 Å². The molecule has 3 aliphatic carbocycles. The number of aliphatic hydroxyl groups is 4. The highest BCUT2D eigenvalue weighted by Crippen LogP contribution is 2.56. The molecule has 1 fully saturated rings. The first-order chi connectivity index (χ1) is 20.2. The van der Waals surface area contributed by atoms with Gasteiger partial charge in [-0.1, -0.05) is 59.3 Å². The number of rotatable bonds is 5. The maximum atomic E-state index is 14.1. The number of phenols is 1. The summed E-state index contributed by atoms with van der Waals surface area (Å²) in [7, 11) is 2.87. The minimum absolute atomic E-state index is 0. The first-order valence-electron chi connectivity index (χ1n) is 13.3. The maximum absolute atomic E-state index is 14.1. The van der Waals surface area contributed by atoms with Gasteiger partial charge in [-0.2, -0.15) is 0 Å². The van der Waals surface area contributed by atoms with E-state index in [4.69, 9.17) is 5.73 Å². The van der Waals surface area contributed by atoms with Crippen LogP contribution in [0.4, 0.5) is 5.69 Å². The molecule has 0 bridgehead atoms. The third-order valence-corrected chi connectivity index (χ3v) is 9.65. The van der Waals surface area contributed by atoms with Crippen molar-refractivity contribution in [3.63, 3.8) is 0 Å². The van der Waals surface area contributed by atoms with Crippen molar-refractivity contribution in [3.8, 4) is 5.75 Å². The minimum atomic E-state index is -3.01. The van der Waals surface area contributed by atoms with Gasteiger partial charge in [0.15, 0.2) is 11.4 Å². The summed E-state index contributed by atoms with van der Waals surface area (Å²) in [6.45, 7) is 1.62. The SMILES string of the molecule is Br.CC1c2ccc(NC(=O)C(Br)c3ccccc3)c(O)c2C(O)=C2C(=O)[C@]3(O)C(O)=C(C(N)=O)C(=O)[C@@H](N(C)C)C3C(O)C21. The van der Waals surface area contributed by atoms with E-state index >= 15 is 0 Å². The van der Waals surface area contributed by atoms with Crippen LogP contribution in [0.2, 0.25) is 0 Å². The Kier molecular flexibility index (Phi) is 8.90. The average Bonchev–Trinajstić information content (AvgIpc) is 2.95. The van der Waals surface area contributed by atoms with Gasteiger partial charge < -0.3 is 36.6 Å². The molecule has 2 aromatic rings. The van der Waals surface area contributed by atoms with Crippen molar-refractivity contribution >= 4 is 67.7 Å². The Hall–Kier alpha value is -3.56. The van der Waals surface area contributed by atoms with E-state index in [1.54, 1.807) is 37.3 Å². The number of Topliss-reactive ketones (excluding diaryl/α,β-unsaturated/α-hetero) is 2. The number of aromatic hydroxyl groups is 1. The molecule has 44 heavy (non-hydrogen) atoms. The fourth-order valence-electron chi connectivity index (χ4n) is 6.69. The Bertz CT molecular complexity index is 1640. The van der Waals surface area contributed by atoms with Crippen molar-refractivity contribution in [1.82, 2.24) is 4.90 Å². The van der Waals surface area contributed by atoms with Crippen LogP contribution in [0.15, 0.2) is 59.4 Å². The normalized spacial score (nSPS) is 28.5. The Labute approximate surface area is 270 Å². The van der Waals surface area contributed by atoms with Crippen LogP contribution in [0.5, 0.6) is 5.75 Å². The zero-order valence-electron chi connectivity index (χ0n) is 23.7. The number of nitrogens with one attached hydrogen (secondary N) is 1. The maximum Gasteiger partial charge on any atom is 0.255 e. The molecule has 12 nitrogen and oxygen atoms in total. The molecule has 8 N–H and O–H groups in total. The number of primary amides is 1. The lowest BCUT2D eigenvalue weighted by Crippen LogP contribution is -2.70. The summed E-state index contributed by atoms with van der Waals surface area (Å²) in [5, 5.41) is 59.8. The number of amides is 2. The second kappa shape index (κ2) is 11.7. The molecule has 1 saturated carbocycles. The molecule has 234 valence electrons. The van der Waals surface area contributed by atoms with Crippen LogP contribution in [0, 0.1) is 11.8 Å². The fourth-order valence-corrected chi connectivity index (χ4v) is 7.11. The van der Waals surface area contributed by atoms with E-state index in [1.807, 2.05) is 0 Å². The first-order valence-corrected chi connectivity index (χ1v) is 14.3. The van der Waals surface area contributed by atoms with Crippen LogP contribution in [0.25, 0.3) is 5.76 Å². The van der Waals surface area contributed by atoms with Crippen molar-refractivity contribution in [2.45, 2.75) is 35.4 Å². The molecular weight excluding hydrogens is 706 g/mol. The fraction of sp³-hybridized carbons (Fsp3) is 0.333. The molecule has 0 radical (unpaired) electrons. The number of aliphatic hydroxyl groups excluding tert-OH is 3. The average molecular weight is 737 g/mol. The summed E-state index contributed by atoms with van der Waals surface area (Å²) in [5.74, 6) is -10.4. The highest BCUT2D eigenvalue weighted by atomic mass is 79.9. The number of hydrogen-bond acceptors (Lipinski definition) is 10. The molecule has 0 aromatic heterocycles. The van der Waals surface area contributed by atoms with Crippen molar-refractivity contribution in [3.05, 3.63) is 76.1 Å². The van der Waals surface area contributed by atoms with Crippen LogP contribution in [0.3, 0.4) is 0 Å². The summed E-state index contributed by atoms with van der Waals surface area (Å²) in [6.07, 6.45) is -1.70. The molecule has 14 heteroatoms. The second-order valence-electron chi connectivity index (χ2n) is 11.2. The Morgan fingerprint density at radius 3 is 2.25 bits per heavy atom. The van der Waals surface area contributed by atoms with Gasteiger partial charge in [-0.25, -0.2) is 0 Å². The number of phenolic OH excluding ortho intramolecular Hbond substituents is 1. The number of anilines is 1. The van der Waals surface area contributed by atoms with E-state index in [2.05, 4.69) is 21.2 Å². The number of halogens is 2. The van der Waals surface area contributed by atoms with Gasteiger partial charge >= 0.3 is 0 Å². The van der Waals surface area contributed by atoms with Crippen LogP contribution in [-0.4, -0.2) is 85.7 Å². The monoisotopic (exact) mass is 735 g/mol. The largest absolute Gasteiger partial charge is 0.508 e. The van der Waals surface area contributed by atoms with Gasteiger partial charge in [-0.15, -0.1) is 17.0 Å². The summed E-state index contributed by atoms with van der Waals surface area (Å²) in [5.41, 5.74) is 1.48. The van der Waals surface area contributed by atoms with Crippen molar-refractivity contribution < 1.29 is 44.7 Å². The topological polar surface area (TPSA) is 211 Å². The number of ketones is 2. The van der Waals surface area contributed by atoms with Gasteiger partial charge in [0.25, 0.3) is 5.91 Å². The summed E-state index contributed by atoms with van der Waals surface area (Å²) in [4.78, 5) is 53.0. The van der Waals surface area contributed by atoms with E-state index in [0.29, 0.717) is 11.1 Å². The number of carbonyl (C=O) groups excluding carboxylic acids is 4. The number of nitrogens with zero attached hydrogens (tertiary/aromatic N) is 1. The predicted octanol–water partition coefficient (Wildman–Crippen LogP) is 2.15. The van der Waals surface area contributed by atoms with Gasteiger partial charge in [-0.05, 0) is 37.2 Å². The number of likely N-dealkylation sites (N-methyl/N-ethyl adjacent to an activating group) is 1. The third kappa shape index (κ3) is 4.67. The first kappa shape index (κ1) is 33.3. The quantitative estimate of drug-likeness (QED) is 0.135. The Morgan fingerprint density at radius 2 is 1.68 bits per heavy atom. The zero-order chi connectivity index (χ0) is 31.7. The van der Waals surface area contributed by atoms with Gasteiger partial charge in [0, 0.05) is 11.5 Å². The molecule has 3 aliphatic rings. The van der Waals surface area contributed by atoms with Crippen LogP contribution >= 0.6 is 32.9 Å². The molecule has 0 aliphatic heterocycles. The number of hydrogen-bond donors (Lipinski definition) is 7. The van der Waals surface area contributed by atoms with E-state index in [0.717, 1.165) is 0 Å². The second-order valence-corrected chi connectivity index (χ2v) is 12.2. The van der Waals surface area contributed by atoms with Crippen LogP contribution in [0.1, 0.15) is 34.4 Å². The molecule has 0 spiro atoms. The van der Waals surface area contributed by atoms with Gasteiger partial charge in [0.2, 0.25) is 11.7 Å². The van der Waals surface area contributed by atoms with Gasteiger partial charge in [0.05, 0.1) is 29.3 Å². The lowest BCUT2D eigenvalue weighted by molar-refractivity contribution is -0.169. The lowest BCUT2D eigenvalue weighted by atomic mass is 9.54. The summed E-state index contributed by atoms with van der Waals surface area (Å²) in [6, 6.07) is 10.3. The van der Waals surface area contributed by atoms with Crippen LogP contribution in [-0.2, 0) is 19.2 Å². The number of fused-ring (bicyclic) bond motifs is 3. The predicted molar refractivity (Wildman–Crippen MR) is 167 cm³/mol. The Balaban J connectivity index is 0.00000442. The summed E-state index contributed by atoms with van der Waals surface area (Å²) >= 11 is 3.33. The molecule has 2 amide bonds. The molecule has 0 saturated heterocycles. The number of carbonyl (C=O) groups is 4. The number of nitrogens with two attached hydrogens (primary N) is 1. The van der Waals surface area contributed by atoms with Gasteiger partial charge in [0.1, 0.15) is 27.7 Å². The van der Waals surface area contributed by atoms with Gasteiger partial charge in [-0.3, -0.25) is 24.1 Å². The number of alkyl halides is 1. The molecule has 5 rings (SSSR count). The Morgan fingerprint density at radius 1 is 1.07 bits per heavy atom. The van der Waals surface area contributed by atoms with E-state index in [1.165, 1.54) is 31.1 Å². The third-order valence-electron chi connectivity index (χ3n) is 8.71. The summed E-state index contributed by atoms with van der Waals surface area (Å²) < 4.78 is 0. The lowest BCUT2D eigenvalue weighted by Gasteiger charge is -2.53. The molecule has 5 unspecified atom stereocenters. The molecule has 2 aromatic carbocycles. The van der Waals surface area contributed by atoms with Crippen molar-refractivity contribution in [2.24, 2.45) is 17.6 Å². The molecule has 7 atom stereocenters. The van der Waals surface area contributed by atoms with Crippen LogP contribution < -0.4 is 11.1 Å². The molecular formula is C30H31Br2N3O9. The standard InChI is InChI=1S/C30H30BrN3O9.BrH/c1-11-13-9-10-14(33-29(42)20(31)12-7-5-4-6-8-12)22(35)16(13)23(36)17-15(11)24(37)19-21(34(2)3)25(38)18(28(32)41)27(40)30(19,43)26(17)39;/h4-11,15,19-21,24,35-37,40,43H,1-3H3,(H2,32,41)(H,33,42);1H/t11?,15?,19?,20?,21-,24?,30-;/m0./s1. The number of benzene rings is 2. The van der Waals surface area contributed by atoms with Crippen molar-refractivity contribution in [2.75, 3.05) is 19.4 Å². The zero-order valence-corrected chi connectivity index (χ0v) is 27.0. The highest BCUT2D eigenvalue weighted by molar-refractivity contribution is 9.09. The minimum Gasteiger partial charge on any atom is -0.508 e.